The number of nitrogens with one attached hydrogen (secondary N) is 3. The zero-order valence-corrected chi connectivity index (χ0v) is 19.9. The average molecular weight is 481 g/mol. The number of hydrogen-bond donors (Lipinski definition) is 3. The topological polar surface area (TPSA) is 110 Å². The number of likely N-dealkylation sites (tertiary alicyclic amines) is 1. The second-order valence-corrected chi connectivity index (χ2v) is 10.2. The molecular weight excluding hydrogens is 452 g/mol. The Kier molecular flexibility index (Phi) is 6.34. The van der Waals surface area contributed by atoms with Crippen molar-refractivity contribution in [2.24, 2.45) is 0 Å². The molecule has 0 radical (unpaired) electrons. The third-order valence-corrected chi connectivity index (χ3v) is 7.84. The molecule has 1 aromatic carbocycles. The number of aromatic nitrogens is 2. The Morgan fingerprint density at radius 2 is 1.97 bits per heavy atom. The monoisotopic (exact) mass is 480 g/mol. The smallest absolute Gasteiger partial charge is 0.261 e. The maximum absolute atomic E-state index is 12.8. The number of carbonyl (C=O) groups excluding carboxylic acids is 3. The quantitative estimate of drug-likeness (QED) is 0.516. The van der Waals surface area contributed by atoms with Gasteiger partial charge in [0.15, 0.2) is 0 Å². The van der Waals surface area contributed by atoms with Crippen molar-refractivity contribution in [3.8, 4) is 0 Å². The maximum atomic E-state index is 12.8. The Balaban J connectivity index is 1.15. The molecule has 0 bridgehead atoms. The first kappa shape index (κ1) is 22.5. The van der Waals surface area contributed by atoms with E-state index in [1.807, 2.05) is 6.07 Å². The van der Waals surface area contributed by atoms with Gasteiger partial charge in [-0.3, -0.25) is 19.5 Å². The summed E-state index contributed by atoms with van der Waals surface area (Å²) in [5.74, 6) is -0.446. The van der Waals surface area contributed by atoms with Gasteiger partial charge >= 0.3 is 0 Å². The number of fused-ring (bicyclic) bond motifs is 2. The number of aromatic amines is 1. The van der Waals surface area contributed by atoms with Crippen LogP contribution >= 0.6 is 11.3 Å². The van der Waals surface area contributed by atoms with Gasteiger partial charge in [-0.2, -0.15) is 5.10 Å². The zero-order chi connectivity index (χ0) is 23.7. The molecule has 34 heavy (non-hydrogen) atoms. The van der Waals surface area contributed by atoms with Crippen LogP contribution in [0.5, 0.6) is 0 Å². The van der Waals surface area contributed by atoms with Gasteiger partial charge in [-0.05, 0) is 69.2 Å². The van der Waals surface area contributed by atoms with E-state index in [0.717, 1.165) is 53.7 Å². The summed E-state index contributed by atoms with van der Waals surface area (Å²) in [5, 5.41) is 13.5. The molecule has 0 saturated carbocycles. The lowest BCUT2D eigenvalue weighted by molar-refractivity contribution is -0.131. The van der Waals surface area contributed by atoms with Crippen LogP contribution in [0.2, 0.25) is 0 Å². The highest BCUT2D eigenvalue weighted by Crippen LogP contribution is 2.28. The highest BCUT2D eigenvalue weighted by atomic mass is 32.1. The van der Waals surface area contributed by atoms with Crippen molar-refractivity contribution in [1.29, 1.82) is 0 Å². The third-order valence-electron chi connectivity index (χ3n) is 6.60. The van der Waals surface area contributed by atoms with Crippen LogP contribution in [0.4, 0.5) is 0 Å². The molecule has 1 fully saturated rings. The fourth-order valence-electron chi connectivity index (χ4n) is 4.52. The number of benzene rings is 1. The molecule has 0 aliphatic carbocycles. The first-order valence-electron chi connectivity index (χ1n) is 11.6. The zero-order valence-electron chi connectivity index (χ0n) is 19.1. The van der Waals surface area contributed by atoms with Gasteiger partial charge in [0.1, 0.15) is 0 Å². The van der Waals surface area contributed by atoms with Crippen LogP contribution in [-0.4, -0.2) is 77.0 Å². The van der Waals surface area contributed by atoms with Gasteiger partial charge in [0.2, 0.25) is 5.91 Å². The molecule has 178 valence electrons. The lowest BCUT2D eigenvalue weighted by Gasteiger charge is -2.29. The molecule has 2 aliphatic rings. The van der Waals surface area contributed by atoms with E-state index in [1.165, 1.54) is 11.3 Å². The third kappa shape index (κ3) is 4.83. The predicted octanol–water partition coefficient (Wildman–Crippen LogP) is 1.76. The second kappa shape index (κ2) is 9.55. The molecule has 9 nitrogen and oxygen atoms in total. The van der Waals surface area contributed by atoms with Crippen molar-refractivity contribution in [2.75, 3.05) is 33.2 Å². The standard InChI is InChI=1S/C24H28N6O3S/c1-29-7-4-18(5-8-29)27-24(33)21-11-17-14-30(9-6-20(17)34-21)22(31)13-25-23(32)15-2-3-19-16(10-15)12-26-28-19/h2-3,10-12,18H,4-9,13-14H2,1H3,(H,25,32)(H,26,28)(H,27,33). The van der Waals surface area contributed by atoms with E-state index in [0.29, 0.717) is 23.5 Å². The van der Waals surface area contributed by atoms with E-state index in [-0.39, 0.29) is 30.3 Å². The van der Waals surface area contributed by atoms with Crippen molar-refractivity contribution in [3.05, 3.63) is 51.3 Å². The van der Waals surface area contributed by atoms with Gasteiger partial charge in [0.05, 0.1) is 23.1 Å². The highest BCUT2D eigenvalue weighted by Gasteiger charge is 2.26. The minimum atomic E-state index is -0.294. The molecule has 3 amide bonds. The number of rotatable bonds is 5. The summed E-state index contributed by atoms with van der Waals surface area (Å²) in [6.07, 6.45) is 4.32. The van der Waals surface area contributed by atoms with Crippen LogP contribution in [0.25, 0.3) is 10.9 Å². The minimum absolute atomic E-state index is 0.0197. The molecule has 10 heteroatoms. The van der Waals surface area contributed by atoms with Crippen LogP contribution in [0, 0.1) is 0 Å². The first-order valence-corrected chi connectivity index (χ1v) is 12.4. The Bertz CT molecular complexity index is 1230. The summed E-state index contributed by atoms with van der Waals surface area (Å²) < 4.78 is 0. The van der Waals surface area contributed by atoms with Crippen LogP contribution in [0.1, 0.15) is 43.3 Å². The number of amides is 3. The van der Waals surface area contributed by atoms with E-state index in [9.17, 15) is 14.4 Å². The first-order chi connectivity index (χ1) is 16.5. The molecule has 2 aromatic heterocycles. The summed E-state index contributed by atoms with van der Waals surface area (Å²) in [7, 11) is 2.10. The van der Waals surface area contributed by atoms with Crippen molar-refractivity contribution in [2.45, 2.75) is 31.8 Å². The molecule has 2 aliphatic heterocycles. The maximum Gasteiger partial charge on any atom is 0.261 e. The van der Waals surface area contributed by atoms with Crippen LogP contribution in [0.15, 0.2) is 30.5 Å². The Morgan fingerprint density at radius 1 is 1.15 bits per heavy atom. The SMILES string of the molecule is CN1CCC(NC(=O)c2cc3c(s2)CCN(C(=O)CNC(=O)c2ccc4[nH]ncc4c2)C3)CC1. The van der Waals surface area contributed by atoms with E-state index in [2.05, 4.69) is 32.8 Å². The molecule has 0 spiro atoms. The number of piperidine rings is 1. The van der Waals surface area contributed by atoms with E-state index in [1.54, 1.807) is 29.3 Å². The largest absolute Gasteiger partial charge is 0.349 e. The number of H-pyrrole nitrogens is 1. The predicted molar refractivity (Wildman–Crippen MR) is 130 cm³/mol. The second-order valence-electron chi connectivity index (χ2n) is 9.03. The van der Waals surface area contributed by atoms with Crippen LogP contribution in [-0.2, 0) is 17.8 Å². The minimum Gasteiger partial charge on any atom is -0.349 e. The van der Waals surface area contributed by atoms with Crippen molar-refractivity contribution in [1.82, 2.24) is 30.6 Å². The number of hydrogen-bond acceptors (Lipinski definition) is 6. The fraction of sp³-hybridized carbons (Fsp3) is 0.417. The molecule has 0 unspecified atom stereocenters. The summed E-state index contributed by atoms with van der Waals surface area (Å²) in [6.45, 7) is 2.97. The summed E-state index contributed by atoms with van der Waals surface area (Å²) in [4.78, 5) is 43.9. The number of nitrogens with zero attached hydrogens (tertiary/aromatic N) is 3. The Morgan fingerprint density at radius 3 is 2.79 bits per heavy atom. The number of carbonyl (C=O) groups is 3. The molecule has 5 rings (SSSR count). The van der Waals surface area contributed by atoms with E-state index in [4.69, 9.17) is 0 Å². The summed E-state index contributed by atoms with van der Waals surface area (Å²) in [6, 6.07) is 7.38. The van der Waals surface area contributed by atoms with E-state index >= 15 is 0 Å². The van der Waals surface area contributed by atoms with Gasteiger partial charge in [-0.15, -0.1) is 11.3 Å². The van der Waals surface area contributed by atoms with Gasteiger partial charge in [0, 0.05) is 35.0 Å². The highest BCUT2D eigenvalue weighted by molar-refractivity contribution is 7.14. The van der Waals surface area contributed by atoms with Crippen LogP contribution < -0.4 is 10.6 Å². The molecule has 0 atom stereocenters. The molecule has 3 N–H and O–H groups in total. The van der Waals surface area contributed by atoms with Crippen molar-refractivity contribution < 1.29 is 14.4 Å². The van der Waals surface area contributed by atoms with E-state index < -0.39 is 0 Å². The lowest BCUT2D eigenvalue weighted by atomic mass is 10.1. The number of thiophene rings is 1. The lowest BCUT2D eigenvalue weighted by Crippen LogP contribution is -2.43. The summed E-state index contributed by atoms with van der Waals surface area (Å²) in [5.41, 5.74) is 2.36. The normalized spacial score (nSPS) is 16.9. The summed E-state index contributed by atoms with van der Waals surface area (Å²) >= 11 is 1.53. The average Bonchev–Trinajstić information content (AvgIpc) is 3.49. The van der Waals surface area contributed by atoms with Gasteiger partial charge < -0.3 is 20.4 Å². The van der Waals surface area contributed by atoms with Crippen molar-refractivity contribution in [3.63, 3.8) is 0 Å². The fourth-order valence-corrected chi connectivity index (χ4v) is 5.59. The van der Waals surface area contributed by atoms with Crippen LogP contribution in [0.3, 0.4) is 0 Å². The van der Waals surface area contributed by atoms with Gasteiger partial charge in [-0.25, -0.2) is 0 Å². The van der Waals surface area contributed by atoms with Crippen molar-refractivity contribution >= 4 is 40.0 Å². The molecular formula is C24H28N6O3S. The Hall–Kier alpha value is -3.24. The van der Waals surface area contributed by atoms with Gasteiger partial charge in [0.25, 0.3) is 11.8 Å². The molecule has 3 aromatic rings. The Labute approximate surface area is 201 Å². The molecule has 4 heterocycles. The molecule has 1 saturated heterocycles. The van der Waals surface area contributed by atoms with Gasteiger partial charge in [-0.1, -0.05) is 0 Å².